The van der Waals surface area contributed by atoms with E-state index in [2.05, 4.69) is 4.98 Å². The number of hydrogen-bond acceptors (Lipinski definition) is 3. The van der Waals surface area contributed by atoms with E-state index in [0.717, 1.165) is 0 Å². The zero-order chi connectivity index (χ0) is 10.8. The maximum Gasteiger partial charge on any atom is 0.232 e. The molecule has 0 fully saturated rings. The molecule has 0 N–H and O–H groups in total. The highest BCUT2D eigenvalue weighted by Gasteiger charge is 2.07. The fraction of sp³-hybridized carbons (Fsp3) is 0.286. The predicted octanol–water partition coefficient (Wildman–Crippen LogP) is 2.50. The Morgan fingerprint density at radius 2 is 1.71 bits per heavy atom. The average Bonchev–Trinajstić information content (AvgIpc) is 1.97. The van der Waals surface area contributed by atoms with E-state index in [1.807, 2.05) is 0 Å². The molecular formula is C7H6Cl3NO2S. The maximum absolute atomic E-state index is 10.7. The molecule has 0 amide bonds. The van der Waals surface area contributed by atoms with E-state index in [-0.39, 0.29) is 22.5 Å². The third-order valence-electron chi connectivity index (χ3n) is 1.46. The van der Waals surface area contributed by atoms with Crippen molar-refractivity contribution < 1.29 is 8.42 Å². The number of rotatable bonds is 3. The highest BCUT2D eigenvalue weighted by atomic mass is 35.7. The first-order valence-electron chi connectivity index (χ1n) is 3.61. The van der Waals surface area contributed by atoms with Crippen molar-refractivity contribution in [2.75, 3.05) is 5.75 Å². The van der Waals surface area contributed by atoms with Crippen LogP contribution in [0, 0.1) is 0 Å². The molecule has 1 aromatic rings. The second kappa shape index (κ2) is 4.66. The van der Waals surface area contributed by atoms with Gasteiger partial charge < -0.3 is 0 Å². The van der Waals surface area contributed by atoms with Crippen LogP contribution in [-0.2, 0) is 15.5 Å². The Kier molecular flexibility index (Phi) is 4.01. The lowest BCUT2D eigenvalue weighted by atomic mass is 10.2. The first-order chi connectivity index (χ1) is 6.37. The molecule has 0 radical (unpaired) electrons. The van der Waals surface area contributed by atoms with Crippen LogP contribution >= 0.6 is 33.9 Å². The summed E-state index contributed by atoms with van der Waals surface area (Å²) in [6.45, 7) is 0. The third-order valence-corrected chi connectivity index (χ3v) is 3.00. The van der Waals surface area contributed by atoms with Gasteiger partial charge in [0.2, 0.25) is 9.05 Å². The molecule has 0 aromatic carbocycles. The van der Waals surface area contributed by atoms with Crippen molar-refractivity contribution >= 4 is 42.9 Å². The van der Waals surface area contributed by atoms with Gasteiger partial charge in [0.05, 0.1) is 5.75 Å². The molecule has 0 aliphatic heterocycles. The smallest absolute Gasteiger partial charge is 0.224 e. The number of nitrogens with zero attached hydrogens (tertiary/aromatic N) is 1. The largest absolute Gasteiger partial charge is 0.232 e. The molecule has 14 heavy (non-hydrogen) atoms. The van der Waals surface area contributed by atoms with Gasteiger partial charge in [0, 0.05) is 10.7 Å². The van der Waals surface area contributed by atoms with Crippen LogP contribution in [0.4, 0.5) is 0 Å². The Morgan fingerprint density at radius 3 is 2.14 bits per heavy atom. The quantitative estimate of drug-likeness (QED) is 0.628. The lowest BCUT2D eigenvalue weighted by Gasteiger charge is -2.00. The highest BCUT2D eigenvalue weighted by Crippen LogP contribution is 2.15. The fourth-order valence-electron chi connectivity index (χ4n) is 0.898. The zero-order valence-corrected chi connectivity index (χ0v) is 9.96. The fourth-order valence-corrected chi connectivity index (χ4v) is 2.11. The average molecular weight is 275 g/mol. The molecule has 0 bridgehead atoms. The zero-order valence-electron chi connectivity index (χ0n) is 6.87. The van der Waals surface area contributed by atoms with Crippen LogP contribution < -0.4 is 0 Å². The van der Waals surface area contributed by atoms with E-state index < -0.39 is 9.05 Å². The first-order valence-corrected chi connectivity index (χ1v) is 6.84. The SMILES string of the molecule is O=S(=O)(Cl)CCc1cc(Cl)nc(Cl)c1. The molecule has 1 aromatic heterocycles. The number of hydrogen-bond donors (Lipinski definition) is 0. The van der Waals surface area contributed by atoms with E-state index >= 15 is 0 Å². The van der Waals surface area contributed by atoms with Crippen LogP contribution in [0.5, 0.6) is 0 Å². The van der Waals surface area contributed by atoms with Gasteiger partial charge in [0.1, 0.15) is 10.3 Å². The summed E-state index contributed by atoms with van der Waals surface area (Å²) in [6.07, 6.45) is 0.272. The molecule has 1 rings (SSSR count). The molecule has 0 spiro atoms. The minimum Gasteiger partial charge on any atom is -0.224 e. The molecule has 0 saturated heterocycles. The summed E-state index contributed by atoms with van der Waals surface area (Å²) in [5.74, 6) is -0.148. The molecule has 3 nitrogen and oxygen atoms in total. The molecule has 0 aliphatic rings. The van der Waals surface area contributed by atoms with Crippen LogP contribution in [0.15, 0.2) is 12.1 Å². The molecule has 78 valence electrons. The highest BCUT2D eigenvalue weighted by molar-refractivity contribution is 8.13. The normalized spacial score (nSPS) is 11.6. The standard InChI is InChI=1S/C7H6Cl3NO2S/c8-6-3-5(4-7(9)11-6)1-2-14(10,12)13/h3-4H,1-2H2. The van der Waals surface area contributed by atoms with Crippen LogP contribution in [0.3, 0.4) is 0 Å². The van der Waals surface area contributed by atoms with E-state index in [1.165, 1.54) is 0 Å². The minimum absolute atomic E-state index is 0.148. The third kappa shape index (κ3) is 4.46. The first kappa shape index (κ1) is 12.0. The summed E-state index contributed by atoms with van der Waals surface area (Å²) < 4.78 is 21.3. The second-order valence-corrected chi connectivity index (χ2v) is 6.28. The number of aromatic nitrogens is 1. The number of halogens is 3. The molecule has 1 heterocycles. The van der Waals surface area contributed by atoms with Crippen molar-refractivity contribution in [3.63, 3.8) is 0 Å². The summed E-state index contributed by atoms with van der Waals surface area (Å²) in [7, 11) is 1.57. The maximum atomic E-state index is 10.7. The Balaban J connectivity index is 2.78. The van der Waals surface area contributed by atoms with E-state index in [9.17, 15) is 8.42 Å². The van der Waals surface area contributed by atoms with E-state index in [0.29, 0.717) is 5.56 Å². The minimum atomic E-state index is -3.48. The predicted molar refractivity (Wildman–Crippen MR) is 57.6 cm³/mol. The van der Waals surface area contributed by atoms with Gasteiger partial charge in [0.25, 0.3) is 0 Å². The lowest BCUT2D eigenvalue weighted by molar-refractivity contribution is 0.609. The Morgan fingerprint density at radius 1 is 1.21 bits per heavy atom. The molecular weight excluding hydrogens is 269 g/mol. The van der Waals surface area contributed by atoms with Crippen molar-refractivity contribution in [2.45, 2.75) is 6.42 Å². The summed E-state index contributed by atoms with van der Waals surface area (Å²) in [5, 5.41) is 0.471. The second-order valence-electron chi connectivity index (χ2n) is 2.61. The van der Waals surface area contributed by atoms with Gasteiger partial charge in [-0.15, -0.1) is 0 Å². The van der Waals surface area contributed by atoms with Crippen LogP contribution in [-0.4, -0.2) is 19.2 Å². The molecule has 0 atom stereocenters. The van der Waals surface area contributed by atoms with Gasteiger partial charge in [-0.05, 0) is 24.1 Å². The monoisotopic (exact) mass is 273 g/mol. The summed E-state index contributed by atoms with van der Waals surface area (Å²) in [6, 6.07) is 3.10. The molecule has 0 unspecified atom stereocenters. The Bertz CT molecular complexity index is 412. The van der Waals surface area contributed by atoms with Crippen molar-refractivity contribution in [1.29, 1.82) is 0 Å². The van der Waals surface area contributed by atoms with Gasteiger partial charge >= 0.3 is 0 Å². The van der Waals surface area contributed by atoms with Crippen molar-refractivity contribution in [3.8, 4) is 0 Å². The van der Waals surface area contributed by atoms with Crippen LogP contribution in [0.2, 0.25) is 10.3 Å². The summed E-state index contributed by atoms with van der Waals surface area (Å²) >= 11 is 11.2. The van der Waals surface area contributed by atoms with Crippen molar-refractivity contribution in [2.24, 2.45) is 0 Å². The Labute approximate surface area is 96.4 Å². The van der Waals surface area contributed by atoms with Gasteiger partial charge in [0.15, 0.2) is 0 Å². The van der Waals surface area contributed by atoms with Crippen molar-refractivity contribution in [3.05, 3.63) is 28.0 Å². The van der Waals surface area contributed by atoms with E-state index in [1.54, 1.807) is 12.1 Å². The van der Waals surface area contributed by atoms with Crippen LogP contribution in [0.25, 0.3) is 0 Å². The topological polar surface area (TPSA) is 47.0 Å². The van der Waals surface area contributed by atoms with Gasteiger partial charge in [-0.2, -0.15) is 0 Å². The molecule has 0 aliphatic carbocycles. The summed E-state index contributed by atoms with van der Waals surface area (Å²) in [5.41, 5.74) is 0.694. The van der Waals surface area contributed by atoms with E-state index in [4.69, 9.17) is 33.9 Å². The van der Waals surface area contributed by atoms with Crippen LogP contribution in [0.1, 0.15) is 5.56 Å². The molecule has 0 saturated carbocycles. The van der Waals surface area contributed by atoms with Gasteiger partial charge in [-0.1, -0.05) is 23.2 Å². The molecule has 7 heteroatoms. The van der Waals surface area contributed by atoms with Crippen molar-refractivity contribution in [1.82, 2.24) is 4.98 Å². The number of aryl methyl sites for hydroxylation is 1. The van der Waals surface area contributed by atoms with Gasteiger partial charge in [-0.3, -0.25) is 0 Å². The van der Waals surface area contributed by atoms with Gasteiger partial charge in [-0.25, -0.2) is 13.4 Å². The summed E-state index contributed by atoms with van der Waals surface area (Å²) in [4.78, 5) is 3.73. The Hall–Kier alpha value is -0.0300. The number of pyridine rings is 1. The lowest BCUT2D eigenvalue weighted by Crippen LogP contribution is -2.01.